The number of piperazine rings is 1. The molecule has 5 heteroatoms. The first-order chi connectivity index (χ1) is 11.8. The van der Waals surface area contributed by atoms with E-state index in [1.165, 1.54) is 0 Å². The van der Waals surface area contributed by atoms with Crippen molar-refractivity contribution in [3.8, 4) is 6.07 Å². The maximum absolute atomic E-state index is 12.3. The molecule has 0 unspecified atom stereocenters. The van der Waals surface area contributed by atoms with E-state index in [9.17, 15) is 4.79 Å². The number of amides is 2. The molecule has 0 bridgehead atoms. The lowest BCUT2D eigenvalue weighted by Gasteiger charge is -2.36. The van der Waals surface area contributed by atoms with Crippen molar-refractivity contribution in [2.45, 2.75) is 6.54 Å². The van der Waals surface area contributed by atoms with Gasteiger partial charge in [0.2, 0.25) is 0 Å². The molecule has 0 aliphatic carbocycles. The predicted molar refractivity (Wildman–Crippen MR) is 93.6 cm³/mol. The zero-order valence-electron chi connectivity index (χ0n) is 13.5. The van der Waals surface area contributed by atoms with Gasteiger partial charge in [0.05, 0.1) is 11.6 Å². The molecular formula is C19H20N4O. The van der Waals surface area contributed by atoms with Crippen molar-refractivity contribution in [1.29, 1.82) is 5.26 Å². The summed E-state index contributed by atoms with van der Waals surface area (Å²) in [7, 11) is 0. The highest BCUT2D eigenvalue weighted by Gasteiger charge is 2.21. The van der Waals surface area contributed by atoms with Crippen LogP contribution in [-0.4, -0.2) is 37.1 Å². The lowest BCUT2D eigenvalue weighted by atomic mass is 10.2. The molecule has 0 aromatic heterocycles. The van der Waals surface area contributed by atoms with Crippen molar-refractivity contribution >= 4 is 11.7 Å². The molecule has 1 heterocycles. The standard InChI is InChI=1S/C19H20N4O/c20-14-16-6-8-18(9-7-16)22-10-12-23(13-11-22)19(24)21-15-17-4-2-1-3-5-17/h1-9H,10-13,15H2,(H,21,24). The molecule has 3 rings (SSSR count). The summed E-state index contributed by atoms with van der Waals surface area (Å²) in [5.74, 6) is 0. The van der Waals surface area contributed by atoms with E-state index >= 15 is 0 Å². The molecule has 122 valence electrons. The van der Waals surface area contributed by atoms with Crippen LogP contribution in [0.15, 0.2) is 54.6 Å². The van der Waals surface area contributed by atoms with Crippen LogP contribution in [-0.2, 0) is 6.54 Å². The van der Waals surface area contributed by atoms with Gasteiger partial charge in [-0.2, -0.15) is 5.26 Å². The van der Waals surface area contributed by atoms with Crippen LogP contribution in [0.1, 0.15) is 11.1 Å². The Bertz CT molecular complexity index is 713. The number of benzene rings is 2. The van der Waals surface area contributed by atoms with Crippen LogP contribution in [0.5, 0.6) is 0 Å². The van der Waals surface area contributed by atoms with E-state index in [2.05, 4.69) is 16.3 Å². The van der Waals surface area contributed by atoms with Crippen LogP contribution < -0.4 is 10.2 Å². The second kappa shape index (κ2) is 7.51. The highest BCUT2D eigenvalue weighted by molar-refractivity contribution is 5.74. The summed E-state index contributed by atoms with van der Waals surface area (Å²) in [6.07, 6.45) is 0. The zero-order valence-corrected chi connectivity index (χ0v) is 13.5. The molecule has 1 aliphatic heterocycles. The molecule has 0 atom stereocenters. The minimum atomic E-state index is -0.0154. The fourth-order valence-corrected chi connectivity index (χ4v) is 2.80. The monoisotopic (exact) mass is 320 g/mol. The molecule has 24 heavy (non-hydrogen) atoms. The van der Waals surface area contributed by atoms with Gasteiger partial charge in [-0.1, -0.05) is 30.3 Å². The van der Waals surface area contributed by atoms with Crippen LogP contribution >= 0.6 is 0 Å². The number of urea groups is 1. The number of carbonyl (C=O) groups is 1. The molecule has 1 aliphatic rings. The molecule has 5 nitrogen and oxygen atoms in total. The van der Waals surface area contributed by atoms with Crippen molar-refractivity contribution in [1.82, 2.24) is 10.2 Å². The lowest BCUT2D eigenvalue weighted by Crippen LogP contribution is -2.51. The SMILES string of the molecule is N#Cc1ccc(N2CCN(C(=O)NCc3ccccc3)CC2)cc1. The summed E-state index contributed by atoms with van der Waals surface area (Å²) in [4.78, 5) is 16.3. The van der Waals surface area contributed by atoms with Crippen molar-refractivity contribution in [3.63, 3.8) is 0 Å². The van der Waals surface area contributed by atoms with E-state index in [0.717, 1.165) is 24.3 Å². The van der Waals surface area contributed by atoms with Gasteiger partial charge in [0.25, 0.3) is 0 Å². The van der Waals surface area contributed by atoms with Crippen molar-refractivity contribution in [2.75, 3.05) is 31.1 Å². The molecule has 0 spiro atoms. The van der Waals surface area contributed by atoms with Gasteiger partial charge in [0.15, 0.2) is 0 Å². The third-order valence-corrected chi connectivity index (χ3v) is 4.21. The largest absolute Gasteiger partial charge is 0.368 e. The summed E-state index contributed by atoms with van der Waals surface area (Å²) >= 11 is 0. The molecule has 1 fully saturated rings. The Kier molecular flexibility index (Phi) is 4.97. The second-order valence-electron chi connectivity index (χ2n) is 5.78. The number of carbonyl (C=O) groups excluding carboxylic acids is 1. The average molecular weight is 320 g/mol. The Morgan fingerprint density at radius 3 is 2.29 bits per heavy atom. The van der Waals surface area contributed by atoms with Crippen LogP contribution in [0.3, 0.4) is 0 Å². The van der Waals surface area contributed by atoms with Gasteiger partial charge >= 0.3 is 6.03 Å². The molecule has 0 radical (unpaired) electrons. The molecule has 2 amide bonds. The molecule has 1 N–H and O–H groups in total. The fraction of sp³-hybridized carbons (Fsp3) is 0.263. The van der Waals surface area contributed by atoms with Crippen molar-refractivity contribution in [3.05, 3.63) is 65.7 Å². The third kappa shape index (κ3) is 3.85. The first kappa shape index (κ1) is 15.9. The summed E-state index contributed by atoms with van der Waals surface area (Å²) in [6, 6.07) is 19.6. The molecule has 2 aromatic rings. The van der Waals surface area contributed by atoms with Crippen molar-refractivity contribution in [2.24, 2.45) is 0 Å². The Labute approximate surface area is 142 Å². The van der Waals surface area contributed by atoms with Crippen LogP contribution in [0.4, 0.5) is 10.5 Å². The normalized spacial score (nSPS) is 14.1. The van der Waals surface area contributed by atoms with Crippen LogP contribution in [0.2, 0.25) is 0 Å². The van der Waals surface area contributed by atoms with Crippen LogP contribution in [0, 0.1) is 11.3 Å². The summed E-state index contributed by atoms with van der Waals surface area (Å²) in [5.41, 5.74) is 2.86. The van der Waals surface area contributed by atoms with E-state index in [4.69, 9.17) is 5.26 Å². The third-order valence-electron chi connectivity index (χ3n) is 4.21. The average Bonchev–Trinajstić information content (AvgIpc) is 2.67. The fourth-order valence-electron chi connectivity index (χ4n) is 2.80. The van der Waals surface area contributed by atoms with E-state index in [0.29, 0.717) is 25.2 Å². The number of rotatable bonds is 3. The summed E-state index contributed by atoms with van der Waals surface area (Å²) < 4.78 is 0. The number of hydrogen-bond acceptors (Lipinski definition) is 3. The Morgan fingerprint density at radius 2 is 1.67 bits per heavy atom. The summed E-state index contributed by atoms with van der Waals surface area (Å²) in [5, 5.41) is 11.8. The molecule has 0 saturated carbocycles. The first-order valence-electron chi connectivity index (χ1n) is 8.08. The van der Waals surface area contributed by atoms with E-state index < -0.39 is 0 Å². The van der Waals surface area contributed by atoms with Gasteiger partial charge in [-0.15, -0.1) is 0 Å². The maximum atomic E-state index is 12.3. The number of hydrogen-bond donors (Lipinski definition) is 1. The Morgan fingerprint density at radius 1 is 1.00 bits per heavy atom. The van der Waals surface area contributed by atoms with Gasteiger partial charge in [0, 0.05) is 38.4 Å². The number of anilines is 1. The van der Waals surface area contributed by atoms with Gasteiger partial charge in [-0.3, -0.25) is 0 Å². The quantitative estimate of drug-likeness (QED) is 0.945. The highest BCUT2D eigenvalue weighted by atomic mass is 16.2. The molecular weight excluding hydrogens is 300 g/mol. The van der Waals surface area contributed by atoms with Gasteiger partial charge in [0.1, 0.15) is 0 Å². The maximum Gasteiger partial charge on any atom is 0.317 e. The minimum absolute atomic E-state index is 0.0154. The molecule has 1 saturated heterocycles. The minimum Gasteiger partial charge on any atom is -0.368 e. The number of nitrogens with zero attached hydrogens (tertiary/aromatic N) is 3. The van der Waals surface area contributed by atoms with Gasteiger partial charge in [-0.25, -0.2) is 4.79 Å². The smallest absolute Gasteiger partial charge is 0.317 e. The molecule has 2 aromatic carbocycles. The van der Waals surface area contributed by atoms with Crippen molar-refractivity contribution < 1.29 is 4.79 Å². The van der Waals surface area contributed by atoms with Crippen LogP contribution in [0.25, 0.3) is 0 Å². The number of nitrogens with one attached hydrogen (secondary N) is 1. The first-order valence-corrected chi connectivity index (χ1v) is 8.08. The van der Waals surface area contributed by atoms with E-state index in [1.807, 2.05) is 59.5 Å². The Balaban J connectivity index is 1.49. The highest BCUT2D eigenvalue weighted by Crippen LogP contribution is 2.17. The Hall–Kier alpha value is -3.00. The summed E-state index contributed by atoms with van der Waals surface area (Å²) in [6.45, 7) is 3.53. The second-order valence-corrected chi connectivity index (χ2v) is 5.78. The van der Waals surface area contributed by atoms with Gasteiger partial charge in [-0.05, 0) is 29.8 Å². The topological polar surface area (TPSA) is 59.4 Å². The number of nitriles is 1. The lowest BCUT2D eigenvalue weighted by molar-refractivity contribution is 0.194. The van der Waals surface area contributed by atoms with E-state index in [-0.39, 0.29) is 6.03 Å². The van der Waals surface area contributed by atoms with E-state index in [1.54, 1.807) is 0 Å². The zero-order chi connectivity index (χ0) is 16.8. The van der Waals surface area contributed by atoms with Gasteiger partial charge < -0.3 is 15.1 Å². The predicted octanol–water partition coefficient (Wildman–Crippen LogP) is 2.59.